The normalized spacial score (nSPS) is 21.2. The number of anilines is 1. The Morgan fingerprint density at radius 1 is 1.32 bits per heavy atom. The highest BCUT2D eigenvalue weighted by molar-refractivity contribution is 5.95. The molecule has 1 unspecified atom stereocenters. The lowest BCUT2D eigenvalue weighted by Gasteiger charge is -2.40. The number of nitrogens with zero attached hydrogens (tertiary/aromatic N) is 6. The first-order chi connectivity index (χ1) is 13.4. The molecule has 0 aromatic carbocycles. The molecule has 1 saturated heterocycles. The second kappa shape index (κ2) is 7.18. The SMILES string of the molecule is CCCn1cc(C(=O)N2CCCC3(CCc4cnc(N(C)C)nc43)C2)c(C)n1. The van der Waals surface area contributed by atoms with E-state index in [4.69, 9.17) is 4.98 Å². The van der Waals surface area contributed by atoms with E-state index in [-0.39, 0.29) is 11.3 Å². The van der Waals surface area contributed by atoms with Crippen LogP contribution in [-0.2, 0) is 18.4 Å². The molecule has 2 aliphatic rings. The average Bonchev–Trinajstić information content (AvgIpc) is 3.22. The molecule has 28 heavy (non-hydrogen) atoms. The number of aromatic nitrogens is 4. The Kier molecular flexibility index (Phi) is 4.85. The fourth-order valence-corrected chi connectivity index (χ4v) is 4.69. The van der Waals surface area contributed by atoms with Crippen molar-refractivity contribution in [1.29, 1.82) is 0 Å². The molecule has 4 rings (SSSR count). The van der Waals surface area contributed by atoms with Gasteiger partial charge in [-0.3, -0.25) is 9.48 Å². The highest BCUT2D eigenvalue weighted by Gasteiger charge is 2.45. The van der Waals surface area contributed by atoms with E-state index in [0.29, 0.717) is 0 Å². The van der Waals surface area contributed by atoms with Crippen molar-refractivity contribution in [3.8, 4) is 0 Å². The van der Waals surface area contributed by atoms with Gasteiger partial charge in [0, 0.05) is 51.5 Å². The summed E-state index contributed by atoms with van der Waals surface area (Å²) in [4.78, 5) is 26.7. The standard InChI is InChI=1S/C21H30N6O/c1-5-10-27-13-17(15(2)24-27)19(28)26-11-6-8-21(14-26)9-7-16-12-22-20(25(3)4)23-18(16)21/h12-13H,5-11,14H2,1-4H3. The smallest absolute Gasteiger partial charge is 0.257 e. The van der Waals surface area contributed by atoms with Crippen LogP contribution in [0, 0.1) is 6.92 Å². The molecule has 1 aliphatic heterocycles. The van der Waals surface area contributed by atoms with Gasteiger partial charge in [-0.15, -0.1) is 0 Å². The van der Waals surface area contributed by atoms with E-state index in [1.165, 1.54) is 5.56 Å². The topological polar surface area (TPSA) is 67.2 Å². The maximum absolute atomic E-state index is 13.3. The van der Waals surface area contributed by atoms with Crippen LogP contribution in [0.15, 0.2) is 12.4 Å². The van der Waals surface area contributed by atoms with E-state index in [9.17, 15) is 4.79 Å². The van der Waals surface area contributed by atoms with Crippen LogP contribution in [0.5, 0.6) is 0 Å². The van der Waals surface area contributed by atoms with Crippen LogP contribution in [0.4, 0.5) is 5.95 Å². The Morgan fingerprint density at radius 2 is 2.14 bits per heavy atom. The van der Waals surface area contributed by atoms with Gasteiger partial charge in [-0.05, 0) is 44.6 Å². The summed E-state index contributed by atoms with van der Waals surface area (Å²) >= 11 is 0. The van der Waals surface area contributed by atoms with Crippen LogP contribution < -0.4 is 4.90 Å². The fourth-order valence-electron chi connectivity index (χ4n) is 4.69. The lowest BCUT2D eigenvalue weighted by molar-refractivity contribution is 0.0632. The summed E-state index contributed by atoms with van der Waals surface area (Å²) in [5.41, 5.74) is 3.92. The second-order valence-corrected chi connectivity index (χ2v) is 8.44. The molecule has 1 amide bonds. The third kappa shape index (κ3) is 3.16. The average molecular weight is 383 g/mol. The number of fused-ring (bicyclic) bond motifs is 2. The molecule has 0 N–H and O–H groups in total. The van der Waals surface area contributed by atoms with Gasteiger partial charge in [0.1, 0.15) is 0 Å². The van der Waals surface area contributed by atoms with E-state index < -0.39 is 0 Å². The Morgan fingerprint density at radius 3 is 2.89 bits per heavy atom. The predicted octanol–water partition coefficient (Wildman–Crippen LogP) is 2.58. The lowest BCUT2D eigenvalue weighted by atomic mass is 9.77. The number of carbonyl (C=O) groups is 1. The van der Waals surface area contributed by atoms with Crippen LogP contribution in [-0.4, -0.2) is 57.7 Å². The third-order valence-corrected chi connectivity index (χ3v) is 6.12. The van der Waals surface area contributed by atoms with Crippen molar-refractivity contribution >= 4 is 11.9 Å². The molecule has 1 fully saturated rings. The van der Waals surface area contributed by atoms with E-state index in [2.05, 4.69) is 17.0 Å². The second-order valence-electron chi connectivity index (χ2n) is 8.44. The zero-order chi connectivity index (χ0) is 19.9. The lowest BCUT2D eigenvalue weighted by Crippen LogP contribution is -2.48. The highest BCUT2D eigenvalue weighted by Crippen LogP contribution is 2.44. The molecule has 1 spiro atoms. The van der Waals surface area contributed by atoms with Crippen molar-refractivity contribution in [2.45, 2.75) is 57.9 Å². The summed E-state index contributed by atoms with van der Waals surface area (Å²) in [5, 5.41) is 4.52. The van der Waals surface area contributed by atoms with E-state index in [1.807, 2.05) is 47.9 Å². The zero-order valence-electron chi connectivity index (χ0n) is 17.4. The van der Waals surface area contributed by atoms with Gasteiger partial charge in [-0.1, -0.05) is 6.92 Å². The Labute approximate surface area is 166 Å². The molecule has 2 aromatic rings. The van der Waals surface area contributed by atoms with Crippen molar-refractivity contribution in [1.82, 2.24) is 24.6 Å². The van der Waals surface area contributed by atoms with Gasteiger partial charge < -0.3 is 9.80 Å². The molecular formula is C21H30N6O. The van der Waals surface area contributed by atoms with E-state index in [0.717, 1.165) is 74.6 Å². The third-order valence-electron chi connectivity index (χ3n) is 6.12. The maximum Gasteiger partial charge on any atom is 0.257 e. The number of piperidine rings is 1. The summed E-state index contributed by atoms with van der Waals surface area (Å²) in [6, 6.07) is 0. The number of carbonyl (C=O) groups excluding carboxylic acids is 1. The summed E-state index contributed by atoms with van der Waals surface area (Å²) < 4.78 is 1.89. The number of likely N-dealkylation sites (tertiary alicyclic amines) is 1. The van der Waals surface area contributed by atoms with Crippen LogP contribution >= 0.6 is 0 Å². The molecule has 2 aromatic heterocycles. The van der Waals surface area contributed by atoms with Crippen molar-refractivity contribution in [2.24, 2.45) is 0 Å². The molecule has 7 nitrogen and oxygen atoms in total. The molecule has 3 heterocycles. The number of aryl methyl sites for hydroxylation is 3. The van der Waals surface area contributed by atoms with E-state index >= 15 is 0 Å². The predicted molar refractivity (Wildman–Crippen MR) is 109 cm³/mol. The molecule has 0 bridgehead atoms. The Balaban J connectivity index is 1.61. The summed E-state index contributed by atoms with van der Waals surface area (Å²) in [6.45, 7) is 6.44. The molecule has 150 valence electrons. The molecular weight excluding hydrogens is 352 g/mol. The van der Waals surface area contributed by atoms with Crippen molar-refractivity contribution in [3.63, 3.8) is 0 Å². The number of hydrogen-bond donors (Lipinski definition) is 0. The minimum absolute atomic E-state index is 0.0374. The monoisotopic (exact) mass is 382 g/mol. The summed E-state index contributed by atoms with van der Waals surface area (Å²) in [7, 11) is 3.94. The molecule has 7 heteroatoms. The van der Waals surface area contributed by atoms with Crippen molar-refractivity contribution in [3.05, 3.63) is 34.9 Å². The summed E-state index contributed by atoms with van der Waals surface area (Å²) in [5.74, 6) is 0.856. The summed E-state index contributed by atoms with van der Waals surface area (Å²) in [6.07, 6.45) is 9.04. The van der Waals surface area contributed by atoms with Crippen molar-refractivity contribution < 1.29 is 4.79 Å². The van der Waals surface area contributed by atoms with Crippen LogP contribution in [0.1, 0.15) is 59.9 Å². The number of hydrogen-bond acceptors (Lipinski definition) is 5. The van der Waals surface area contributed by atoms with Crippen LogP contribution in [0.25, 0.3) is 0 Å². The van der Waals surface area contributed by atoms with Gasteiger partial charge >= 0.3 is 0 Å². The van der Waals surface area contributed by atoms with Crippen LogP contribution in [0.3, 0.4) is 0 Å². The van der Waals surface area contributed by atoms with Gasteiger partial charge in [-0.2, -0.15) is 5.10 Å². The Bertz CT molecular complexity index is 885. The quantitative estimate of drug-likeness (QED) is 0.813. The van der Waals surface area contributed by atoms with Gasteiger partial charge in [0.05, 0.1) is 17.0 Å². The number of amides is 1. The van der Waals surface area contributed by atoms with Gasteiger partial charge in [0.25, 0.3) is 5.91 Å². The van der Waals surface area contributed by atoms with Crippen molar-refractivity contribution in [2.75, 3.05) is 32.1 Å². The molecule has 0 saturated carbocycles. The van der Waals surface area contributed by atoms with Gasteiger partial charge in [-0.25, -0.2) is 9.97 Å². The van der Waals surface area contributed by atoms with Gasteiger partial charge in [0.2, 0.25) is 5.95 Å². The first-order valence-electron chi connectivity index (χ1n) is 10.3. The highest BCUT2D eigenvalue weighted by atomic mass is 16.2. The zero-order valence-corrected chi connectivity index (χ0v) is 17.4. The minimum atomic E-state index is -0.0374. The molecule has 1 aliphatic carbocycles. The number of rotatable bonds is 4. The first-order valence-corrected chi connectivity index (χ1v) is 10.3. The largest absolute Gasteiger partial charge is 0.347 e. The first kappa shape index (κ1) is 18.9. The van der Waals surface area contributed by atoms with Crippen LogP contribution in [0.2, 0.25) is 0 Å². The molecule has 0 radical (unpaired) electrons. The van der Waals surface area contributed by atoms with Gasteiger partial charge in [0.15, 0.2) is 0 Å². The molecule has 1 atom stereocenters. The fraction of sp³-hybridized carbons (Fsp3) is 0.619. The minimum Gasteiger partial charge on any atom is -0.347 e. The maximum atomic E-state index is 13.3. The van der Waals surface area contributed by atoms with E-state index in [1.54, 1.807) is 0 Å². The Hall–Kier alpha value is -2.44.